The van der Waals surface area contributed by atoms with Crippen molar-refractivity contribution in [2.24, 2.45) is 0 Å². The van der Waals surface area contributed by atoms with E-state index in [0.29, 0.717) is 6.61 Å². The molecule has 116 valence electrons. The van der Waals surface area contributed by atoms with Crippen molar-refractivity contribution >= 4 is 21.4 Å². The van der Waals surface area contributed by atoms with Crippen molar-refractivity contribution in [3.8, 4) is 0 Å². The zero-order chi connectivity index (χ0) is 15.2. The molecule has 0 aliphatic carbocycles. The number of rotatable bonds is 8. The van der Waals surface area contributed by atoms with Gasteiger partial charge >= 0.3 is 0 Å². The predicted octanol–water partition coefficient (Wildman–Crippen LogP) is 3.23. The van der Waals surface area contributed by atoms with Crippen LogP contribution in [0.15, 0.2) is 18.2 Å². The first-order chi connectivity index (χ1) is 10.2. The lowest BCUT2D eigenvalue weighted by Crippen LogP contribution is -2.23. The van der Waals surface area contributed by atoms with Gasteiger partial charge in [-0.2, -0.15) is 0 Å². The highest BCUT2D eigenvalue weighted by molar-refractivity contribution is 7.19. The number of likely N-dealkylation sites (N-methyl/N-ethyl adjacent to an activating group) is 1. The first-order valence-corrected chi connectivity index (χ1v) is 8.06. The van der Waals surface area contributed by atoms with Crippen LogP contribution in [0.3, 0.4) is 0 Å². The Kier molecular flexibility index (Phi) is 6.11. The molecule has 0 fully saturated rings. The maximum Gasteiger partial charge on any atom is 0.132 e. The minimum absolute atomic E-state index is 0.123. The quantitative estimate of drug-likeness (QED) is 0.810. The van der Waals surface area contributed by atoms with E-state index >= 15 is 0 Å². The van der Waals surface area contributed by atoms with Gasteiger partial charge in [0.2, 0.25) is 0 Å². The average Bonchev–Trinajstić information content (AvgIpc) is 2.82. The summed E-state index contributed by atoms with van der Waals surface area (Å²) in [5.74, 6) is -0.123. The molecule has 5 heteroatoms. The van der Waals surface area contributed by atoms with Gasteiger partial charge in [0.25, 0.3) is 0 Å². The van der Waals surface area contributed by atoms with E-state index in [4.69, 9.17) is 4.74 Å². The van der Waals surface area contributed by atoms with Gasteiger partial charge in [-0.15, -0.1) is 11.3 Å². The minimum atomic E-state index is -0.123. The Morgan fingerprint density at radius 2 is 2.19 bits per heavy atom. The second kappa shape index (κ2) is 7.84. The number of fused-ring (bicyclic) bond motifs is 1. The topological polar surface area (TPSA) is 24.5 Å². The maximum atomic E-state index is 14.2. The fraction of sp³-hybridized carbons (Fsp3) is 0.500. The van der Waals surface area contributed by atoms with Crippen molar-refractivity contribution in [1.82, 2.24) is 10.2 Å². The maximum absolute atomic E-state index is 14.2. The molecular weight excluding hydrogens is 287 g/mol. The van der Waals surface area contributed by atoms with Crippen LogP contribution in [0.1, 0.15) is 17.4 Å². The lowest BCUT2D eigenvalue weighted by atomic mass is 10.1. The largest absolute Gasteiger partial charge is 0.383 e. The summed E-state index contributed by atoms with van der Waals surface area (Å²) in [5.41, 5.74) is 1.10. The summed E-state index contributed by atoms with van der Waals surface area (Å²) in [5, 5.41) is 4.12. The van der Waals surface area contributed by atoms with Crippen molar-refractivity contribution in [2.75, 3.05) is 33.9 Å². The normalized spacial score (nSPS) is 11.7. The van der Waals surface area contributed by atoms with Gasteiger partial charge in [0.05, 0.1) is 6.61 Å². The number of ether oxygens (including phenoxy) is 1. The molecule has 0 radical (unpaired) electrons. The smallest absolute Gasteiger partial charge is 0.132 e. The predicted molar refractivity (Wildman–Crippen MR) is 87.4 cm³/mol. The number of benzene rings is 1. The van der Waals surface area contributed by atoms with Gasteiger partial charge in [-0.1, -0.05) is 13.0 Å². The first kappa shape index (κ1) is 16.4. The molecule has 2 aromatic rings. The molecule has 0 unspecified atom stereocenters. The molecule has 1 aromatic heterocycles. The number of hydrogen-bond acceptors (Lipinski definition) is 4. The SMILES string of the molecule is CCNCc1sc2cccc(F)c2c1CN(C)CCOC. The van der Waals surface area contributed by atoms with Crippen LogP contribution in [0.25, 0.3) is 10.1 Å². The molecule has 0 saturated carbocycles. The Balaban J connectivity index is 2.32. The molecule has 1 N–H and O–H groups in total. The number of thiophene rings is 1. The highest BCUT2D eigenvalue weighted by atomic mass is 32.1. The van der Waals surface area contributed by atoms with E-state index in [1.807, 2.05) is 13.1 Å². The van der Waals surface area contributed by atoms with Gasteiger partial charge < -0.3 is 10.1 Å². The molecule has 21 heavy (non-hydrogen) atoms. The Morgan fingerprint density at radius 3 is 2.90 bits per heavy atom. The zero-order valence-electron chi connectivity index (χ0n) is 12.9. The molecule has 0 bridgehead atoms. The van der Waals surface area contributed by atoms with Gasteiger partial charge in [-0.05, 0) is 31.3 Å². The van der Waals surface area contributed by atoms with Crippen molar-refractivity contribution in [3.63, 3.8) is 0 Å². The van der Waals surface area contributed by atoms with Crippen molar-refractivity contribution in [1.29, 1.82) is 0 Å². The monoisotopic (exact) mass is 310 g/mol. The Hall–Kier alpha value is -1.01. The number of nitrogens with one attached hydrogen (secondary N) is 1. The van der Waals surface area contributed by atoms with E-state index in [2.05, 4.69) is 17.1 Å². The van der Waals surface area contributed by atoms with Crippen LogP contribution in [0.5, 0.6) is 0 Å². The van der Waals surface area contributed by atoms with Crippen LogP contribution in [-0.2, 0) is 17.8 Å². The number of methoxy groups -OCH3 is 1. The highest BCUT2D eigenvalue weighted by Gasteiger charge is 2.16. The number of halogens is 1. The molecule has 0 aliphatic rings. The lowest BCUT2D eigenvalue weighted by Gasteiger charge is -2.17. The Morgan fingerprint density at radius 1 is 1.38 bits per heavy atom. The molecule has 0 saturated heterocycles. The first-order valence-electron chi connectivity index (χ1n) is 7.24. The van der Waals surface area contributed by atoms with Crippen molar-refractivity contribution < 1.29 is 9.13 Å². The van der Waals surface area contributed by atoms with Crippen LogP contribution in [-0.4, -0.2) is 38.8 Å². The van der Waals surface area contributed by atoms with E-state index in [1.165, 1.54) is 4.88 Å². The van der Waals surface area contributed by atoms with Crippen LogP contribution in [0.4, 0.5) is 4.39 Å². The fourth-order valence-corrected chi connectivity index (χ4v) is 3.56. The molecular formula is C16H23FN2OS. The third kappa shape index (κ3) is 4.01. The van der Waals surface area contributed by atoms with Crippen LogP contribution in [0, 0.1) is 5.82 Å². The third-order valence-corrected chi connectivity index (χ3v) is 4.68. The van der Waals surface area contributed by atoms with E-state index in [-0.39, 0.29) is 5.82 Å². The number of nitrogens with zero attached hydrogens (tertiary/aromatic N) is 1. The van der Waals surface area contributed by atoms with E-state index in [0.717, 1.165) is 41.8 Å². The molecule has 2 rings (SSSR count). The average molecular weight is 310 g/mol. The molecule has 0 spiro atoms. The van der Waals surface area contributed by atoms with Crippen molar-refractivity contribution in [3.05, 3.63) is 34.5 Å². The molecule has 0 aliphatic heterocycles. The molecule has 1 aromatic carbocycles. The summed E-state index contributed by atoms with van der Waals surface area (Å²) in [7, 11) is 3.74. The summed E-state index contributed by atoms with van der Waals surface area (Å²) in [4.78, 5) is 3.40. The number of hydrogen-bond donors (Lipinski definition) is 1. The van der Waals surface area contributed by atoms with Crippen LogP contribution in [0.2, 0.25) is 0 Å². The minimum Gasteiger partial charge on any atom is -0.383 e. The second-order valence-electron chi connectivity index (χ2n) is 5.13. The van der Waals surface area contributed by atoms with E-state index in [1.54, 1.807) is 30.6 Å². The summed E-state index contributed by atoms with van der Waals surface area (Å²) in [6.45, 7) is 6.05. The molecule has 0 amide bonds. The van der Waals surface area contributed by atoms with E-state index < -0.39 is 0 Å². The van der Waals surface area contributed by atoms with Crippen LogP contribution < -0.4 is 5.32 Å². The van der Waals surface area contributed by atoms with Gasteiger partial charge in [-0.25, -0.2) is 4.39 Å². The summed E-state index contributed by atoms with van der Waals surface area (Å²) in [6.07, 6.45) is 0. The van der Waals surface area contributed by atoms with Gasteiger partial charge in [0.15, 0.2) is 0 Å². The summed E-state index contributed by atoms with van der Waals surface area (Å²) in [6, 6.07) is 5.32. The summed E-state index contributed by atoms with van der Waals surface area (Å²) < 4.78 is 20.4. The summed E-state index contributed by atoms with van der Waals surface area (Å²) >= 11 is 1.68. The Labute approximate surface area is 129 Å². The van der Waals surface area contributed by atoms with Gasteiger partial charge in [0, 0.05) is 41.7 Å². The Bertz CT molecular complexity index is 585. The van der Waals surface area contributed by atoms with E-state index in [9.17, 15) is 4.39 Å². The zero-order valence-corrected chi connectivity index (χ0v) is 13.7. The van der Waals surface area contributed by atoms with Crippen LogP contribution >= 0.6 is 11.3 Å². The van der Waals surface area contributed by atoms with Crippen molar-refractivity contribution in [2.45, 2.75) is 20.0 Å². The van der Waals surface area contributed by atoms with Gasteiger partial charge in [-0.3, -0.25) is 4.90 Å². The fourth-order valence-electron chi connectivity index (χ4n) is 2.36. The second-order valence-corrected chi connectivity index (χ2v) is 6.26. The highest BCUT2D eigenvalue weighted by Crippen LogP contribution is 2.34. The third-order valence-electron chi connectivity index (χ3n) is 3.49. The molecule has 3 nitrogen and oxygen atoms in total. The molecule has 0 atom stereocenters. The molecule has 1 heterocycles. The standard InChI is InChI=1S/C16H23FN2OS/c1-4-18-10-15-12(11-19(2)8-9-20-3)16-13(17)6-5-7-14(16)21-15/h5-7,18H,4,8-11H2,1-3H3. The van der Waals surface area contributed by atoms with Gasteiger partial charge in [0.1, 0.15) is 5.82 Å². The lowest BCUT2D eigenvalue weighted by molar-refractivity contribution is 0.159.